The van der Waals surface area contributed by atoms with Crippen molar-refractivity contribution in [3.05, 3.63) is 93.9 Å². The minimum Gasteiger partial charge on any atom is -0.390 e. The van der Waals surface area contributed by atoms with Gasteiger partial charge in [-0.2, -0.15) is 0 Å². The lowest BCUT2D eigenvalue weighted by molar-refractivity contribution is 0.0408. The third kappa shape index (κ3) is 4.28. The monoisotopic (exact) mass is 394 g/mol. The number of benzene rings is 2. The van der Waals surface area contributed by atoms with Crippen LogP contribution in [0.1, 0.15) is 27.2 Å². The Labute approximate surface area is 166 Å². The minimum absolute atomic E-state index is 0.0592. The van der Waals surface area contributed by atoms with E-state index in [1.807, 2.05) is 47.8 Å². The van der Waals surface area contributed by atoms with Crippen LogP contribution in [0.3, 0.4) is 0 Å². The average Bonchev–Trinajstić information content (AvgIpc) is 3.42. The first kappa shape index (κ1) is 18.4. The maximum atomic E-state index is 13.2. The molecular formula is C22H19FN2O2S. The van der Waals surface area contributed by atoms with Crippen molar-refractivity contribution in [1.29, 1.82) is 0 Å². The van der Waals surface area contributed by atoms with E-state index in [2.05, 4.69) is 5.16 Å². The molecule has 142 valence electrons. The molecule has 0 spiro atoms. The largest absolute Gasteiger partial charge is 0.390 e. The molecule has 28 heavy (non-hydrogen) atoms. The summed E-state index contributed by atoms with van der Waals surface area (Å²) >= 11 is 1.41. The highest BCUT2D eigenvalue weighted by molar-refractivity contribution is 7.12. The molecular weight excluding hydrogens is 375 g/mol. The van der Waals surface area contributed by atoms with Crippen LogP contribution < -0.4 is 0 Å². The molecule has 1 aromatic heterocycles. The van der Waals surface area contributed by atoms with Crippen LogP contribution in [0, 0.1) is 5.82 Å². The van der Waals surface area contributed by atoms with Gasteiger partial charge in [0.2, 0.25) is 0 Å². The third-order valence-corrected chi connectivity index (χ3v) is 5.43. The highest BCUT2D eigenvalue weighted by Gasteiger charge is 2.27. The fraction of sp³-hybridized carbons (Fsp3) is 0.182. The number of hydrogen-bond acceptors (Lipinski definition) is 4. The summed E-state index contributed by atoms with van der Waals surface area (Å²) in [5.41, 5.74) is 2.78. The zero-order valence-electron chi connectivity index (χ0n) is 15.1. The number of nitrogens with zero attached hydrogens (tertiary/aromatic N) is 2. The molecule has 1 aliphatic rings. The minimum atomic E-state index is -0.292. The van der Waals surface area contributed by atoms with Gasteiger partial charge >= 0.3 is 0 Å². The molecule has 6 heteroatoms. The van der Waals surface area contributed by atoms with E-state index < -0.39 is 0 Å². The molecule has 0 saturated carbocycles. The predicted octanol–water partition coefficient (Wildman–Crippen LogP) is 4.72. The molecule has 1 unspecified atom stereocenters. The lowest BCUT2D eigenvalue weighted by atomic mass is 10.0. The average molecular weight is 394 g/mol. The van der Waals surface area contributed by atoms with Crippen LogP contribution in [-0.2, 0) is 11.4 Å². The summed E-state index contributed by atoms with van der Waals surface area (Å²) in [6.45, 7) is 0.797. The molecule has 0 bridgehead atoms. The van der Waals surface area contributed by atoms with Crippen molar-refractivity contribution in [2.75, 3.05) is 6.54 Å². The molecule has 0 radical (unpaired) electrons. The first-order chi connectivity index (χ1) is 13.7. The summed E-state index contributed by atoms with van der Waals surface area (Å²) in [5.74, 6) is -0.351. The number of thiophene rings is 1. The summed E-state index contributed by atoms with van der Waals surface area (Å²) in [5, 5.41) is 6.09. The van der Waals surface area contributed by atoms with Crippen LogP contribution >= 0.6 is 11.3 Å². The molecule has 2 aromatic carbocycles. The lowest BCUT2D eigenvalue weighted by Crippen LogP contribution is -2.37. The van der Waals surface area contributed by atoms with Gasteiger partial charge in [0.1, 0.15) is 5.82 Å². The van der Waals surface area contributed by atoms with E-state index in [1.54, 1.807) is 17.0 Å². The Bertz CT molecular complexity index is 956. The van der Waals surface area contributed by atoms with Crippen LogP contribution in [-0.4, -0.2) is 29.2 Å². The van der Waals surface area contributed by atoms with Crippen molar-refractivity contribution < 1.29 is 14.0 Å². The summed E-state index contributed by atoms with van der Waals surface area (Å²) in [6.07, 6.45) is 0.432. The Balaban J connectivity index is 1.48. The topological polar surface area (TPSA) is 41.9 Å². The molecule has 3 aromatic rings. The third-order valence-electron chi connectivity index (χ3n) is 4.57. The maximum Gasteiger partial charge on any atom is 0.264 e. The van der Waals surface area contributed by atoms with Crippen molar-refractivity contribution in [3.8, 4) is 0 Å². The van der Waals surface area contributed by atoms with E-state index in [-0.39, 0.29) is 17.8 Å². The molecule has 0 fully saturated rings. The molecule has 1 aliphatic heterocycles. The van der Waals surface area contributed by atoms with Crippen LogP contribution in [0.4, 0.5) is 4.39 Å². The molecule has 1 amide bonds. The second-order valence-corrected chi connectivity index (χ2v) is 7.57. The zero-order valence-corrected chi connectivity index (χ0v) is 15.9. The standard InChI is InChI=1S/C22H19FN2O2S/c23-18-10-8-16(9-11-18)14-25(22(26)21-7-4-12-28-21)15-19-13-20(24-27-19)17-5-2-1-3-6-17/h1-12,19H,13-15H2. The number of amides is 1. The fourth-order valence-electron chi connectivity index (χ4n) is 3.16. The van der Waals surface area contributed by atoms with Crippen molar-refractivity contribution in [2.24, 2.45) is 5.16 Å². The van der Waals surface area contributed by atoms with Crippen LogP contribution in [0.5, 0.6) is 0 Å². The second-order valence-electron chi connectivity index (χ2n) is 6.62. The SMILES string of the molecule is O=C(c1cccs1)N(Cc1ccc(F)cc1)CC1CC(c2ccccc2)=NO1. The number of halogens is 1. The smallest absolute Gasteiger partial charge is 0.264 e. The Morgan fingerprint density at radius 1 is 1.11 bits per heavy atom. The predicted molar refractivity (Wildman–Crippen MR) is 108 cm³/mol. The van der Waals surface area contributed by atoms with E-state index >= 15 is 0 Å². The zero-order chi connectivity index (χ0) is 19.3. The number of hydrogen-bond donors (Lipinski definition) is 0. The van der Waals surface area contributed by atoms with Gasteiger partial charge in [-0.3, -0.25) is 4.79 Å². The molecule has 0 aliphatic carbocycles. The van der Waals surface area contributed by atoms with Crippen LogP contribution in [0.2, 0.25) is 0 Å². The van der Waals surface area contributed by atoms with Gasteiger partial charge in [0.05, 0.1) is 17.1 Å². The van der Waals surface area contributed by atoms with Gasteiger partial charge in [-0.15, -0.1) is 11.3 Å². The normalized spacial score (nSPS) is 15.8. The fourth-order valence-corrected chi connectivity index (χ4v) is 3.85. The van der Waals surface area contributed by atoms with E-state index in [1.165, 1.54) is 23.5 Å². The number of rotatable bonds is 6. The molecule has 4 rings (SSSR count). The van der Waals surface area contributed by atoms with Gasteiger partial charge in [-0.05, 0) is 34.7 Å². The second kappa shape index (κ2) is 8.35. The Hall–Kier alpha value is -2.99. The van der Waals surface area contributed by atoms with Gasteiger partial charge in [0.15, 0.2) is 6.10 Å². The van der Waals surface area contributed by atoms with E-state index in [4.69, 9.17) is 4.84 Å². The van der Waals surface area contributed by atoms with Crippen molar-refractivity contribution in [2.45, 2.75) is 19.1 Å². The van der Waals surface area contributed by atoms with E-state index in [0.29, 0.717) is 24.4 Å². The van der Waals surface area contributed by atoms with Crippen LogP contribution in [0.15, 0.2) is 77.3 Å². The van der Waals surface area contributed by atoms with Gasteiger partial charge in [-0.25, -0.2) is 4.39 Å². The number of carbonyl (C=O) groups excluding carboxylic acids is 1. The van der Waals surface area contributed by atoms with Gasteiger partial charge < -0.3 is 9.74 Å². The van der Waals surface area contributed by atoms with Crippen molar-refractivity contribution >= 4 is 23.0 Å². The number of oxime groups is 1. The molecule has 0 saturated heterocycles. The first-order valence-electron chi connectivity index (χ1n) is 9.04. The van der Waals surface area contributed by atoms with Crippen LogP contribution in [0.25, 0.3) is 0 Å². The first-order valence-corrected chi connectivity index (χ1v) is 9.92. The number of carbonyl (C=O) groups is 1. The van der Waals surface area contributed by atoms with Gasteiger partial charge in [0.25, 0.3) is 5.91 Å². The summed E-state index contributed by atoms with van der Waals surface area (Å²) in [4.78, 5) is 21.0. The molecule has 2 heterocycles. The lowest BCUT2D eigenvalue weighted by Gasteiger charge is -2.24. The Morgan fingerprint density at radius 2 is 1.89 bits per heavy atom. The van der Waals surface area contributed by atoms with Crippen molar-refractivity contribution in [1.82, 2.24) is 4.90 Å². The summed E-state index contributed by atoms with van der Waals surface area (Å²) < 4.78 is 13.2. The molecule has 1 atom stereocenters. The summed E-state index contributed by atoms with van der Waals surface area (Å²) in [6, 6.07) is 19.8. The highest BCUT2D eigenvalue weighted by Crippen LogP contribution is 2.21. The quantitative estimate of drug-likeness (QED) is 0.607. The van der Waals surface area contributed by atoms with Crippen molar-refractivity contribution in [3.63, 3.8) is 0 Å². The maximum absolute atomic E-state index is 13.2. The highest BCUT2D eigenvalue weighted by atomic mass is 32.1. The Morgan fingerprint density at radius 3 is 2.61 bits per heavy atom. The van der Waals surface area contributed by atoms with Gasteiger partial charge in [0, 0.05) is 13.0 Å². The van der Waals surface area contributed by atoms with E-state index in [0.717, 1.165) is 16.8 Å². The Kier molecular flexibility index (Phi) is 5.48. The van der Waals surface area contributed by atoms with Gasteiger partial charge in [-0.1, -0.05) is 53.7 Å². The summed E-state index contributed by atoms with van der Waals surface area (Å²) in [7, 11) is 0. The molecule has 4 nitrogen and oxygen atoms in total. The van der Waals surface area contributed by atoms with E-state index in [9.17, 15) is 9.18 Å². The molecule has 0 N–H and O–H groups in total.